The molecule has 8 nitrogen and oxygen atoms in total. The van der Waals surface area contributed by atoms with Gasteiger partial charge in [0.25, 0.3) is 15.9 Å². The Hall–Kier alpha value is -3.60. The average Bonchev–Trinajstić information content (AvgIpc) is 3.35. The maximum absolute atomic E-state index is 13.9. The summed E-state index contributed by atoms with van der Waals surface area (Å²) in [4.78, 5) is 20.1. The van der Waals surface area contributed by atoms with Gasteiger partial charge in [-0.2, -0.15) is 0 Å². The minimum Gasteiger partial charge on any atom is -0.486 e. The number of fused-ring (bicyclic) bond motifs is 1. The van der Waals surface area contributed by atoms with Crippen LogP contribution in [0, 0.1) is 6.92 Å². The highest BCUT2D eigenvalue weighted by Gasteiger charge is 2.24. The summed E-state index contributed by atoms with van der Waals surface area (Å²) in [6.07, 6.45) is 0.594. The first kappa shape index (κ1) is 27.0. The van der Waals surface area contributed by atoms with Crippen LogP contribution in [-0.4, -0.2) is 44.0 Å². The highest BCUT2D eigenvalue weighted by Crippen LogP contribution is 2.33. The molecule has 0 radical (unpaired) electrons. The van der Waals surface area contributed by atoms with Crippen molar-refractivity contribution in [2.24, 2.45) is 0 Å². The summed E-state index contributed by atoms with van der Waals surface area (Å²) in [5.41, 5.74) is 2.22. The number of nitrogens with zero attached hydrogens (tertiary/aromatic N) is 2. The summed E-state index contributed by atoms with van der Waals surface area (Å²) in [7, 11) is -4.02. The Balaban J connectivity index is 1.41. The van der Waals surface area contributed by atoms with Crippen molar-refractivity contribution >= 4 is 44.6 Å². The van der Waals surface area contributed by atoms with Crippen LogP contribution < -0.4 is 14.2 Å². The molecular weight excluding hydrogens is 558 g/mol. The number of nitrogens with one attached hydrogen (secondary N) is 1. The third kappa shape index (κ3) is 6.52. The van der Waals surface area contributed by atoms with Crippen molar-refractivity contribution in [3.8, 4) is 11.5 Å². The minimum atomic E-state index is -4.02. The second-order valence-electron chi connectivity index (χ2n) is 8.92. The average molecular weight is 584 g/mol. The Kier molecular flexibility index (Phi) is 8.06. The van der Waals surface area contributed by atoms with Crippen LogP contribution in [0.25, 0.3) is 0 Å². The standard InChI is InChI=1S/C28H26ClN3O5S2/c1-19-30-22(18-38-19)17-32(13-12-20-6-8-21(29)9-7-20)28(33)24-4-2-3-5-25(24)31-39(34,35)23-10-11-26-27(16-23)37-15-14-36-26/h2-11,16,18,31H,12-15,17H2,1H3. The van der Waals surface area contributed by atoms with Gasteiger partial charge >= 0.3 is 0 Å². The lowest BCUT2D eigenvalue weighted by molar-refractivity contribution is 0.0744. The maximum Gasteiger partial charge on any atom is 0.262 e. The molecule has 1 aliphatic rings. The lowest BCUT2D eigenvalue weighted by Crippen LogP contribution is -2.33. The van der Waals surface area contributed by atoms with E-state index >= 15 is 0 Å². The molecule has 1 N–H and O–H groups in total. The highest BCUT2D eigenvalue weighted by atomic mass is 35.5. The molecule has 0 atom stereocenters. The number of carbonyl (C=O) groups excluding carboxylic acids is 1. The van der Waals surface area contributed by atoms with Crippen LogP contribution in [-0.2, 0) is 23.0 Å². The van der Waals surface area contributed by atoms with Gasteiger partial charge in [-0.05, 0) is 55.3 Å². The van der Waals surface area contributed by atoms with Gasteiger partial charge in [0.15, 0.2) is 11.5 Å². The number of para-hydroxylation sites is 1. The third-order valence-electron chi connectivity index (χ3n) is 6.12. The molecule has 3 aromatic carbocycles. The van der Waals surface area contributed by atoms with Gasteiger partial charge in [0, 0.05) is 23.0 Å². The van der Waals surface area contributed by atoms with E-state index in [2.05, 4.69) is 9.71 Å². The number of carbonyl (C=O) groups is 1. The Morgan fingerprint density at radius 2 is 1.79 bits per heavy atom. The first-order chi connectivity index (χ1) is 18.8. The molecule has 0 aliphatic carbocycles. The zero-order valence-electron chi connectivity index (χ0n) is 21.1. The highest BCUT2D eigenvalue weighted by molar-refractivity contribution is 7.92. The predicted octanol–water partition coefficient (Wildman–Crippen LogP) is 5.56. The molecule has 1 aromatic heterocycles. The topological polar surface area (TPSA) is 97.8 Å². The molecule has 1 aliphatic heterocycles. The molecule has 0 saturated carbocycles. The van der Waals surface area contributed by atoms with Crippen molar-refractivity contribution in [1.29, 1.82) is 0 Å². The fourth-order valence-electron chi connectivity index (χ4n) is 4.17. The maximum atomic E-state index is 13.9. The first-order valence-corrected chi connectivity index (χ1v) is 15.0. The SMILES string of the molecule is Cc1nc(CN(CCc2ccc(Cl)cc2)C(=O)c2ccccc2NS(=O)(=O)c2ccc3c(c2)OCCO3)cs1. The number of sulfonamides is 1. The fraction of sp³-hybridized carbons (Fsp3) is 0.214. The third-order valence-corrected chi connectivity index (χ3v) is 8.55. The minimum absolute atomic E-state index is 0.00606. The quantitative estimate of drug-likeness (QED) is 0.277. The normalized spacial score (nSPS) is 12.7. The number of aromatic nitrogens is 1. The molecule has 0 spiro atoms. The van der Waals surface area contributed by atoms with Gasteiger partial charge in [0.05, 0.1) is 33.4 Å². The molecule has 202 valence electrons. The number of benzene rings is 3. The van der Waals surface area contributed by atoms with Gasteiger partial charge in [-0.15, -0.1) is 11.3 Å². The second kappa shape index (κ2) is 11.6. The monoisotopic (exact) mass is 583 g/mol. The largest absolute Gasteiger partial charge is 0.486 e. The summed E-state index contributed by atoms with van der Waals surface area (Å²) >= 11 is 7.54. The van der Waals surface area contributed by atoms with E-state index in [0.29, 0.717) is 49.2 Å². The number of hydrogen-bond donors (Lipinski definition) is 1. The van der Waals surface area contributed by atoms with Crippen LogP contribution in [0.4, 0.5) is 5.69 Å². The summed E-state index contributed by atoms with van der Waals surface area (Å²) in [6, 6.07) is 18.5. The Morgan fingerprint density at radius 3 is 2.54 bits per heavy atom. The number of amides is 1. The van der Waals surface area contributed by atoms with Crippen LogP contribution in [0.1, 0.15) is 26.6 Å². The van der Waals surface area contributed by atoms with E-state index in [1.165, 1.54) is 23.5 Å². The second-order valence-corrected chi connectivity index (χ2v) is 12.1. The molecule has 5 rings (SSSR count). The van der Waals surface area contributed by atoms with Crippen molar-refractivity contribution in [3.05, 3.63) is 99.0 Å². The molecule has 2 heterocycles. The van der Waals surface area contributed by atoms with Gasteiger partial charge in [-0.25, -0.2) is 13.4 Å². The smallest absolute Gasteiger partial charge is 0.262 e. The predicted molar refractivity (Wildman–Crippen MR) is 151 cm³/mol. The number of halogens is 1. The molecule has 0 fully saturated rings. The number of aryl methyl sites for hydroxylation is 1. The molecule has 11 heteroatoms. The first-order valence-electron chi connectivity index (χ1n) is 12.2. The summed E-state index contributed by atoms with van der Waals surface area (Å²) in [5.74, 6) is 0.542. The molecule has 1 amide bonds. The van der Waals surface area contributed by atoms with Crippen molar-refractivity contribution in [1.82, 2.24) is 9.88 Å². The van der Waals surface area contributed by atoms with Gasteiger partial charge in [0.1, 0.15) is 13.2 Å². The summed E-state index contributed by atoms with van der Waals surface area (Å²) in [6.45, 7) is 3.35. The van der Waals surface area contributed by atoms with E-state index in [0.717, 1.165) is 16.3 Å². The number of hydrogen-bond acceptors (Lipinski definition) is 7. The molecule has 0 bridgehead atoms. The molecular formula is C28H26ClN3O5S2. The lowest BCUT2D eigenvalue weighted by Gasteiger charge is -2.24. The molecule has 39 heavy (non-hydrogen) atoms. The van der Waals surface area contributed by atoms with Gasteiger partial charge in [0.2, 0.25) is 0 Å². The number of rotatable bonds is 9. The molecule has 0 unspecified atom stereocenters. The molecule has 4 aromatic rings. The lowest BCUT2D eigenvalue weighted by atomic mass is 10.1. The van der Waals surface area contributed by atoms with E-state index in [1.54, 1.807) is 35.2 Å². The summed E-state index contributed by atoms with van der Waals surface area (Å²) < 4.78 is 40.3. The van der Waals surface area contributed by atoms with E-state index in [1.807, 2.05) is 36.6 Å². The van der Waals surface area contributed by atoms with E-state index in [4.69, 9.17) is 21.1 Å². The van der Waals surface area contributed by atoms with E-state index in [-0.39, 0.29) is 22.1 Å². The number of ether oxygens (including phenoxy) is 2. The summed E-state index contributed by atoms with van der Waals surface area (Å²) in [5, 5.41) is 3.47. The zero-order chi connectivity index (χ0) is 27.4. The van der Waals surface area contributed by atoms with Gasteiger partial charge in [-0.3, -0.25) is 9.52 Å². The van der Waals surface area contributed by atoms with Gasteiger partial charge < -0.3 is 14.4 Å². The molecule has 0 saturated heterocycles. The number of anilines is 1. The Labute approximate surface area is 236 Å². The zero-order valence-corrected chi connectivity index (χ0v) is 23.5. The van der Waals surface area contributed by atoms with Crippen LogP contribution in [0.2, 0.25) is 5.02 Å². The van der Waals surface area contributed by atoms with Gasteiger partial charge in [-0.1, -0.05) is 35.9 Å². The van der Waals surface area contributed by atoms with Crippen molar-refractivity contribution in [2.45, 2.75) is 24.8 Å². The van der Waals surface area contributed by atoms with Crippen molar-refractivity contribution in [2.75, 3.05) is 24.5 Å². The van der Waals surface area contributed by atoms with Crippen LogP contribution in [0.15, 0.2) is 77.0 Å². The van der Waals surface area contributed by atoms with Crippen molar-refractivity contribution in [3.63, 3.8) is 0 Å². The Bertz CT molecular complexity index is 1590. The number of thiazole rings is 1. The van der Waals surface area contributed by atoms with Crippen LogP contribution in [0.3, 0.4) is 0 Å². The van der Waals surface area contributed by atoms with E-state index < -0.39 is 10.0 Å². The van der Waals surface area contributed by atoms with Crippen molar-refractivity contribution < 1.29 is 22.7 Å². The van der Waals surface area contributed by atoms with E-state index in [9.17, 15) is 13.2 Å². The fourth-order valence-corrected chi connectivity index (χ4v) is 5.99. The van der Waals surface area contributed by atoms with Crippen LogP contribution in [0.5, 0.6) is 11.5 Å². The van der Waals surface area contributed by atoms with Crippen LogP contribution >= 0.6 is 22.9 Å². The Morgan fingerprint density at radius 1 is 1.05 bits per heavy atom.